The molecule has 20 heavy (non-hydrogen) atoms. The van der Waals surface area contributed by atoms with E-state index in [1.807, 2.05) is 0 Å². The Bertz CT molecular complexity index is 456. The molecule has 0 spiro atoms. The van der Waals surface area contributed by atoms with E-state index in [1.165, 1.54) is 24.3 Å². The summed E-state index contributed by atoms with van der Waals surface area (Å²) in [5, 5.41) is 3.04. The molecule has 2 rings (SSSR count). The number of hydrogen-bond donors (Lipinski definition) is 1. The van der Waals surface area contributed by atoms with Crippen molar-refractivity contribution in [3.8, 4) is 0 Å². The number of benzene rings is 1. The van der Waals surface area contributed by atoms with Crippen molar-refractivity contribution in [3.63, 3.8) is 0 Å². The molecule has 1 saturated heterocycles. The Labute approximate surface area is 120 Å². The summed E-state index contributed by atoms with van der Waals surface area (Å²) in [7, 11) is 0. The van der Waals surface area contributed by atoms with E-state index in [2.05, 4.69) is 31.0 Å². The second kappa shape index (κ2) is 5.92. The zero-order valence-corrected chi connectivity index (χ0v) is 12.4. The third-order valence-corrected chi connectivity index (χ3v) is 3.89. The van der Waals surface area contributed by atoms with Gasteiger partial charge in [-0.3, -0.25) is 9.69 Å². The average molecular weight is 278 g/mol. The molecule has 0 atom stereocenters. The minimum atomic E-state index is -0.319. The monoisotopic (exact) mass is 278 g/mol. The predicted molar refractivity (Wildman–Crippen MR) is 78.2 cm³/mol. The van der Waals surface area contributed by atoms with Crippen LogP contribution in [-0.4, -0.2) is 35.5 Å². The fourth-order valence-corrected chi connectivity index (χ4v) is 2.56. The van der Waals surface area contributed by atoms with E-state index in [4.69, 9.17) is 0 Å². The van der Waals surface area contributed by atoms with Gasteiger partial charge in [0.15, 0.2) is 0 Å². The Balaban J connectivity index is 1.86. The minimum absolute atomic E-state index is 0.112. The first-order valence-electron chi connectivity index (χ1n) is 7.18. The van der Waals surface area contributed by atoms with Crippen LogP contribution >= 0.6 is 0 Å². The molecule has 1 aliphatic rings. The number of nitrogens with zero attached hydrogens (tertiary/aromatic N) is 1. The lowest BCUT2D eigenvalue weighted by atomic mass is 9.98. The normalized spacial score (nSPS) is 18.0. The van der Waals surface area contributed by atoms with Gasteiger partial charge in [-0.1, -0.05) is 0 Å². The highest BCUT2D eigenvalue weighted by molar-refractivity contribution is 5.94. The van der Waals surface area contributed by atoms with Crippen molar-refractivity contribution >= 4 is 5.91 Å². The molecule has 1 aromatic carbocycles. The zero-order chi connectivity index (χ0) is 14.8. The third-order valence-electron chi connectivity index (χ3n) is 3.89. The number of hydrogen-bond acceptors (Lipinski definition) is 2. The molecule has 0 unspecified atom stereocenters. The Kier molecular flexibility index (Phi) is 4.43. The molecule has 0 aromatic heterocycles. The van der Waals surface area contributed by atoms with Crippen LogP contribution < -0.4 is 5.32 Å². The number of likely N-dealkylation sites (tertiary alicyclic amines) is 1. The lowest BCUT2D eigenvalue weighted by Gasteiger charge is -2.41. The van der Waals surface area contributed by atoms with Crippen molar-refractivity contribution in [2.45, 2.75) is 45.2 Å². The van der Waals surface area contributed by atoms with Crippen molar-refractivity contribution in [1.29, 1.82) is 0 Å². The molecule has 1 amide bonds. The molecular weight excluding hydrogens is 255 g/mol. The van der Waals surface area contributed by atoms with Crippen LogP contribution in [0.25, 0.3) is 0 Å². The Morgan fingerprint density at radius 3 is 2.25 bits per heavy atom. The summed E-state index contributed by atoms with van der Waals surface area (Å²) in [5.74, 6) is -0.431. The van der Waals surface area contributed by atoms with Crippen molar-refractivity contribution in [2.24, 2.45) is 0 Å². The van der Waals surface area contributed by atoms with Crippen molar-refractivity contribution < 1.29 is 9.18 Å². The molecule has 1 aromatic rings. The van der Waals surface area contributed by atoms with Gasteiger partial charge in [0, 0.05) is 30.2 Å². The molecule has 0 aliphatic carbocycles. The molecule has 4 heteroatoms. The number of nitrogens with one attached hydrogen (secondary N) is 1. The van der Waals surface area contributed by atoms with Gasteiger partial charge in [-0.15, -0.1) is 0 Å². The fourth-order valence-electron chi connectivity index (χ4n) is 2.56. The zero-order valence-electron chi connectivity index (χ0n) is 12.4. The summed E-state index contributed by atoms with van der Waals surface area (Å²) in [5.41, 5.74) is 0.705. The Hall–Kier alpha value is -1.42. The number of carbonyl (C=O) groups is 1. The highest BCUT2D eigenvalue weighted by Crippen LogP contribution is 2.20. The summed E-state index contributed by atoms with van der Waals surface area (Å²) in [6.45, 7) is 8.63. The molecule has 1 aliphatic heterocycles. The van der Waals surface area contributed by atoms with Crippen molar-refractivity contribution in [3.05, 3.63) is 35.6 Å². The van der Waals surface area contributed by atoms with Crippen molar-refractivity contribution in [1.82, 2.24) is 10.2 Å². The molecule has 1 N–H and O–H groups in total. The van der Waals surface area contributed by atoms with Crippen LogP contribution in [0.1, 0.15) is 44.0 Å². The quantitative estimate of drug-likeness (QED) is 0.902. The highest BCUT2D eigenvalue weighted by atomic mass is 19.1. The van der Waals surface area contributed by atoms with Crippen LogP contribution in [-0.2, 0) is 0 Å². The summed E-state index contributed by atoms with van der Waals surface area (Å²) in [6, 6.07) is 5.89. The highest BCUT2D eigenvalue weighted by Gasteiger charge is 2.27. The standard InChI is InChI=1S/C16H23FN2O/c1-16(2,3)19-10-8-14(9-11-19)18-15(20)12-4-6-13(17)7-5-12/h4-7,14H,8-11H2,1-3H3,(H,18,20). The third kappa shape index (κ3) is 3.79. The Morgan fingerprint density at radius 2 is 1.75 bits per heavy atom. The van der Waals surface area contributed by atoms with E-state index in [9.17, 15) is 9.18 Å². The molecule has 1 heterocycles. The first-order chi connectivity index (χ1) is 9.36. The molecule has 110 valence electrons. The second-order valence-electron chi connectivity index (χ2n) is 6.41. The number of amides is 1. The van der Waals surface area contributed by atoms with Gasteiger partial charge in [0.2, 0.25) is 0 Å². The molecule has 1 fully saturated rings. The summed E-state index contributed by atoms with van der Waals surface area (Å²) >= 11 is 0. The van der Waals surface area contributed by atoms with Gasteiger partial charge in [0.05, 0.1) is 0 Å². The molecule has 0 saturated carbocycles. The van der Waals surface area contributed by atoms with E-state index in [1.54, 1.807) is 0 Å². The van der Waals surface area contributed by atoms with E-state index in [-0.39, 0.29) is 23.3 Å². The summed E-state index contributed by atoms with van der Waals surface area (Å²) in [4.78, 5) is 14.5. The second-order valence-corrected chi connectivity index (χ2v) is 6.41. The van der Waals surface area contributed by atoms with Gasteiger partial charge in [-0.05, 0) is 57.9 Å². The van der Waals surface area contributed by atoms with Gasteiger partial charge in [-0.25, -0.2) is 4.39 Å². The van der Waals surface area contributed by atoms with Gasteiger partial charge in [0.25, 0.3) is 5.91 Å². The number of rotatable bonds is 2. The smallest absolute Gasteiger partial charge is 0.251 e. The SMILES string of the molecule is CC(C)(C)N1CCC(NC(=O)c2ccc(F)cc2)CC1. The van der Waals surface area contributed by atoms with Gasteiger partial charge in [-0.2, -0.15) is 0 Å². The topological polar surface area (TPSA) is 32.3 Å². The van der Waals surface area contributed by atoms with E-state index < -0.39 is 0 Å². The summed E-state index contributed by atoms with van der Waals surface area (Å²) < 4.78 is 12.8. The first kappa shape index (κ1) is 15.0. The van der Waals surface area contributed by atoms with Crippen LogP contribution in [0.15, 0.2) is 24.3 Å². The number of halogens is 1. The maximum atomic E-state index is 12.8. The Morgan fingerprint density at radius 1 is 1.20 bits per heavy atom. The maximum Gasteiger partial charge on any atom is 0.251 e. The number of carbonyl (C=O) groups excluding carboxylic acids is 1. The van der Waals surface area contributed by atoms with Crippen molar-refractivity contribution in [2.75, 3.05) is 13.1 Å². The van der Waals surface area contributed by atoms with Gasteiger partial charge in [0.1, 0.15) is 5.82 Å². The molecule has 3 nitrogen and oxygen atoms in total. The molecule has 0 radical (unpaired) electrons. The van der Waals surface area contributed by atoms with E-state index >= 15 is 0 Å². The summed E-state index contributed by atoms with van der Waals surface area (Å²) in [6.07, 6.45) is 1.93. The average Bonchev–Trinajstić information content (AvgIpc) is 2.39. The number of piperidine rings is 1. The molecule has 0 bridgehead atoms. The first-order valence-corrected chi connectivity index (χ1v) is 7.18. The van der Waals surface area contributed by atoms with E-state index in [0.29, 0.717) is 5.56 Å². The largest absolute Gasteiger partial charge is 0.349 e. The van der Waals surface area contributed by atoms with Crippen LogP contribution in [0.3, 0.4) is 0 Å². The lowest BCUT2D eigenvalue weighted by molar-refractivity contribution is 0.0812. The minimum Gasteiger partial charge on any atom is -0.349 e. The molecular formula is C16H23FN2O. The van der Waals surface area contributed by atoms with Crippen LogP contribution in [0, 0.1) is 5.82 Å². The van der Waals surface area contributed by atoms with Gasteiger partial charge < -0.3 is 5.32 Å². The van der Waals surface area contributed by atoms with Crippen LogP contribution in [0.2, 0.25) is 0 Å². The van der Waals surface area contributed by atoms with Crippen LogP contribution in [0.4, 0.5) is 4.39 Å². The maximum absolute atomic E-state index is 12.8. The van der Waals surface area contributed by atoms with Gasteiger partial charge >= 0.3 is 0 Å². The van der Waals surface area contributed by atoms with Crippen LogP contribution in [0.5, 0.6) is 0 Å². The van der Waals surface area contributed by atoms with E-state index in [0.717, 1.165) is 25.9 Å². The predicted octanol–water partition coefficient (Wildman–Crippen LogP) is 2.82. The fraction of sp³-hybridized carbons (Fsp3) is 0.562. The lowest BCUT2D eigenvalue weighted by Crippen LogP contribution is -2.50.